The molecule has 13 heavy (non-hydrogen) atoms. The van der Waals surface area contributed by atoms with Crippen LogP contribution in [0.25, 0.3) is 0 Å². The van der Waals surface area contributed by atoms with Crippen molar-refractivity contribution in [1.29, 1.82) is 0 Å². The Morgan fingerprint density at radius 3 is 2.54 bits per heavy atom. The van der Waals surface area contributed by atoms with Gasteiger partial charge in [0.15, 0.2) is 0 Å². The van der Waals surface area contributed by atoms with Crippen LogP contribution < -0.4 is 11.1 Å². The molecule has 0 saturated carbocycles. The molecule has 1 aromatic rings. The van der Waals surface area contributed by atoms with Gasteiger partial charge in [-0.15, -0.1) is 0 Å². The van der Waals surface area contributed by atoms with E-state index in [9.17, 15) is 0 Å². The van der Waals surface area contributed by atoms with Crippen molar-refractivity contribution >= 4 is 5.69 Å². The van der Waals surface area contributed by atoms with Crippen molar-refractivity contribution in [3.8, 4) is 0 Å². The maximum Gasteiger partial charge on any atom is 0.0428 e. The topological polar surface area (TPSA) is 38.0 Å². The number of anilines is 1. The second kappa shape index (κ2) is 3.79. The first-order chi connectivity index (χ1) is 9.71. The highest BCUT2D eigenvalue weighted by Gasteiger charge is 2.14. The van der Waals surface area contributed by atoms with Crippen LogP contribution in [0.4, 0.5) is 5.69 Å². The predicted octanol–water partition coefficient (Wildman–Crippen LogP) is 1.74. The molecule has 1 saturated heterocycles. The zero-order valence-electron chi connectivity index (χ0n) is 15.9. The van der Waals surface area contributed by atoms with Crippen molar-refractivity contribution in [2.45, 2.75) is 18.6 Å². The molecule has 70 valence electrons. The first kappa shape index (κ1) is 2.99. The molecule has 1 aromatic carbocycles. The average molecular weight is 185 g/mol. The second-order valence-electron chi connectivity index (χ2n) is 2.62. The summed E-state index contributed by atoms with van der Waals surface area (Å²) in [6.45, 7) is -5.91. The Morgan fingerprint density at radius 1 is 1.31 bits per heavy atom. The Morgan fingerprint density at radius 2 is 1.92 bits per heavy atom. The minimum Gasteiger partial charge on any atom is -0.399 e. The van der Waals surface area contributed by atoms with Crippen LogP contribution in [0.15, 0.2) is 24.3 Å². The molecule has 1 heterocycles. The number of nitrogens with one attached hydrogen (secondary N) is 1. The Labute approximate surface area is 91.8 Å². The first-order valence-corrected chi connectivity index (χ1v) is 3.86. The fraction of sp³-hybridized carbons (Fsp3) is 0.455. The van der Waals surface area contributed by atoms with E-state index in [0.29, 0.717) is 5.69 Å². The summed E-state index contributed by atoms with van der Waals surface area (Å²) in [4.78, 5) is 0. The Kier molecular flexibility index (Phi) is 0.872. The fourth-order valence-electron chi connectivity index (χ4n) is 1.04. The van der Waals surface area contributed by atoms with Crippen LogP contribution in [-0.4, -0.2) is 13.0 Å². The van der Waals surface area contributed by atoms with Crippen molar-refractivity contribution in [2.75, 3.05) is 18.7 Å². The first-order valence-electron chi connectivity index (χ1n) is 8.36. The van der Waals surface area contributed by atoms with E-state index in [-0.39, 0.29) is 5.56 Å². The van der Waals surface area contributed by atoms with Crippen molar-refractivity contribution in [1.82, 2.24) is 5.32 Å². The molecular formula is C11H16N2. The number of piperidine rings is 1. The normalized spacial score (nSPS) is 46.9. The van der Waals surface area contributed by atoms with Gasteiger partial charge in [0, 0.05) is 18.0 Å². The second-order valence-corrected chi connectivity index (χ2v) is 2.62. The molecular weight excluding hydrogens is 160 g/mol. The van der Waals surface area contributed by atoms with Crippen LogP contribution in [0.5, 0.6) is 0 Å². The minimum atomic E-state index is -3.05. The highest BCUT2D eigenvalue weighted by atomic mass is 14.9. The van der Waals surface area contributed by atoms with Gasteiger partial charge in [0.2, 0.25) is 0 Å². The fourth-order valence-corrected chi connectivity index (χ4v) is 1.04. The maximum atomic E-state index is 8.44. The standard InChI is InChI=1S/C11H16N2/c12-11-3-1-9(2-4-11)10-5-7-13-8-6-10/h1-4,10,13H,5-8,12H2/i5D2,6D2,7D2,8D2,10D. The summed E-state index contributed by atoms with van der Waals surface area (Å²) >= 11 is 0. The SMILES string of the molecule is [2H]C1([2H])NC([2H])([2H])C([2H])([2H])C([2H])(c2ccc(N)cc2)C1([2H])[2H]. The number of benzene rings is 1. The van der Waals surface area contributed by atoms with Crippen molar-refractivity contribution in [3.05, 3.63) is 29.8 Å². The van der Waals surface area contributed by atoms with Gasteiger partial charge < -0.3 is 11.1 Å². The molecule has 0 aromatic heterocycles. The molecule has 1 fully saturated rings. The summed E-state index contributed by atoms with van der Waals surface area (Å²) in [5.74, 6) is -2.83. The summed E-state index contributed by atoms with van der Waals surface area (Å²) in [5, 5.41) is 1.72. The number of rotatable bonds is 1. The van der Waals surface area contributed by atoms with E-state index in [2.05, 4.69) is 0 Å². The molecule has 1 aliphatic rings. The van der Waals surface area contributed by atoms with Crippen LogP contribution >= 0.6 is 0 Å². The van der Waals surface area contributed by atoms with Gasteiger partial charge in [-0.3, -0.25) is 0 Å². The van der Waals surface area contributed by atoms with E-state index in [0.717, 1.165) is 0 Å². The molecule has 0 unspecified atom stereocenters. The molecule has 0 aliphatic carbocycles. The molecule has 0 spiro atoms. The van der Waals surface area contributed by atoms with Gasteiger partial charge in [0.1, 0.15) is 0 Å². The molecule has 0 amide bonds. The smallest absolute Gasteiger partial charge is 0.0428 e. The van der Waals surface area contributed by atoms with Crippen LogP contribution in [-0.2, 0) is 0 Å². The lowest BCUT2D eigenvalue weighted by Crippen LogP contribution is -2.26. The van der Waals surface area contributed by atoms with Crippen LogP contribution in [0, 0.1) is 0 Å². The largest absolute Gasteiger partial charge is 0.399 e. The lowest BCUT2D eigenvalue weighted by molar-refractivity contribution is 0.460. The van der Waals surface area contributed by atoms with Gasteiger partial charge in [-0.05, 0) is 49.3 Å². The number of hydrogen-bond donors (Lipinski definition) is 2. The quantitative estimate of drug-likeness (QED) is 0.654. The molecule has 2 heteroatoms. The maximum absolute atomic E-state index is 8.44. The molecule has 0 atom stereocenters. The van der Waals surface area contributed by atoms with Crippen molar-refractivity contribution in [3.63, 3.8) is 0 Å². The van der Waals surface area contributed by atoms with Crippen molar-refractivity contribution in [2.24, 2.45) is 0 Å². The van der Waals surface area contributed by atoms with E-state index in [1.54, 1.807) is 5.32 Å². The van der Waals surface area contributed by atoms with E-state index < -0.39 is 31.6 Å². The van der Waals surface area contributed by atoms with Gasteiger partial charge in [-0.2, -0.15) is 0 Å². The van der Waals surface area contributed by atoms with Crippen LogP contribution in [0.3, 0.4) is 0 Å². The zero-order valence-corrected chi connectivity index (χ0v) is 6.89. The monoisotopic (exact) mass is 185 g/mol. The third-order valence-corrected chi connectivity index (χ3v) is 1.70. The van der Waals surface area contributed by atoms with Gasteiger partial charge in [-0.25, -0.2) is 0 Å². The molecule has 0 bridgehead atoms. The molecule has 0 radical (unpaired) electrons. The third kappa shape index (κ3) is 2.01. The zero-order chi connectivity index (χ0) is 17.2. The Balaban J connectivity index is 2.78. The van der Waals surface area contributed by atoms with Crippen LogP contribution in [0.1, 0.15) is 36.5 Å². The van der Waals surface area contributed by atoms with Gasteiger partial charge in [0.05, 0.1) is 0 Å². The van der Waals surface area contributed by atoms with E-state index >= 15 is 0 Å². The summed E-state index contributed by atoms with van der Waals surface area (Å²) in [6.07, 6.45) is -6.10. The minimum absolute atomic E-state index is 0.189. The summed E-state index contributed by atoms with van der Waals surface area (Å²) in [6, 6.07) is 5.11. The third-order valence-electron chi connectivity index (χ3n) is 1.70. The van der Waals surface area contributed by atoms with Crippen molar-refractivity contribution < 1.29 is 12.3 Å². The lowest BCUT2D eigenvalue weighted by Gasteiger charge is -2.22. The van der Waals surface area contributed by atoms with Gasteiger partial charge >= 0.3 is 0 Å². The average Bonchev–Trinajstić information content (AvgIpc) is 2.35. The molecule has 2 nitrogen and oxygen atoms in total. The number of nitrogen functional groups attached to an aromatic ring is 1. The Hall–Kier alpha value is -1.02. The summed E-state index contributed by atoms with van der Waals surface area (Å²) in [7, 11) is 0. The number of nitrogens with two attached hydrogens (primary N) is 1. The van der Waals surface area contributed by atoms with Gasteiger partial charge in [-0.1, -0.05) is 12.1 Å². The number of hydrogen-bond acceptors (Lipinski definition) is 2. The summed E-state index contributed by atoms with van der Waals surface area (Å²) < 4.78 is 71.4. The molecule has 2 rings (SSSR count). The highest BCUT2D eigenvalue weighted by Crippen LogP contribution is 2.25. The Bertz CT molecular complexity index is 556. The van der Waals surface area contributed by atoms with Gasteiger partial charge in [0.25, 0.3) is 0 Å². The predicted molar refractivity (Wildman–Crippen MR) is 55.7 cm³/mol. The van der Waals surface area contributed by atoms with Crippen LogP contribution in [0.2, 0.25) is 0 Å². The summed E-state index contributed by atoms with van der Waals surface area (Å²) in [5.41, 5.74) is 5.66. The van der Waals surface area contributed by atoms with E-state index in [4.69, 9.17) is 18.1 Å². The molecule has 1 aliphatic heterocycles. The molecule has 3 N–H and O–H groups in total. The highest BCUT2D eigenvalue weighted by molar-refractivity contribution is 5.40. The van der Waals surface area contributed by atoms with E-state index in [1.165, 1.54) is 24.3 Å². The lowest BCUT2D eigenvalue weighted by atomic mass is 9.90. The van der Waals surface area contributed by atoms with E-state index in [1.807, 2.05) is 0 Å².